The molecule has 3 nitrogen and oxygen atoms in total. The van der Waals surface area contributed by atoms with Crippen molar-refractivity contribution < 1.29 is 13.9 Å². The van der Waals surface area contributed by atoms with Gasteiger partial charge in [-0.1, -0.05) is 20.4 Å². The maximum Gasteiger partial charge on any atom is 0.545 e. The van der Waals surface area contributed by atoms with Gasteiger partial charge in [0.05, 0.1) is 0 Å². The highest BCUT2D eigenvalue weighted by Crippen LogP contribution is 2.11. The molecule has 0 bridgehead atoms. The Labute approximate surface area is 61.4 Å². The minimum atomic E-state index is -1.04. The number of rotatable bonds is 3. The van der Waals surface area contributed by atoms with E-state index in [1.165, 1.54) is 0 Å². The molecule has 56 valence electrons. The van der Waals surface area contributed by atoms with Crippen molar-refractivity contribution in [2.75, 3.05) is 0 Å². The molecule has 0 spiro atoms. The zero-order valence-electron chi connectivity index (χ0n) is 6.01. The molecule has 0 amide bonds. The molecule has 0 aromatic rings. The summed E-state index contributed by atoms with van der Waals surface area (Å²) >= 11 is 0. The molecule has 0 aliphatic carbocycles. The van der Waals surface area contributed by atoms with Gasteiger partial charge >= 0.3 is 14.7 Å². The van der Waals surface area contributed by atoms with Crippen molar-refractivity contribution in [1.82, 2.24) is 0 Å². The molecule has 0 aliphatic rings. The van der Waals surface area contributed by atoms with Gasteiger partial charge in [0.15, 0.2) is 0 Å². The van der Waals surface area contributed by atoms with Crippen LogP contribution in [0.4, 0.5) is 0 Å². The normalized spacial score (nSPS) is 9.90. The lowest BCUT2D eigenvalue weighted by Crippen LogP contribution is -2.06. The first-order valence-electron chi connectivity index (χ1n) is 2.86. The van der Waals surface area contributed by atoms with E-state index in [2.05, 4.69) is 11.1 Å². The van der Waals surface area contributed by atoms with Crippen LogP contribution in [0.3, 0.4) is 0 Å². The predicted octanol–water partition coefficient (Wildman–Crippen LogP) is 1.68. The third-order valence-electron chi connectivity index (χ3n) is 1.09. The van der Waals surface area contributed by atoms with Gasteiger partial charge in [-0.25, -0.2) is 9.32 Å². The second-order valence-electron chi connectivity index (χ2n) is 2.15. The summed E-state index contributed by atoms with van der Waals surface area (Å²) in [7, 11) is -1.04. The van der Waals surface area contributed by atoms with Crippen LogP contribution in [0, 0.1) is 5.92 Å². The van der Waals surface area contributed by atoms with Crippen LogP contribution in [0.5, 0.6) is 0 Å². The molecular weight excluding hydrogens is 151 g/mol. The van der Waals surface area contributed by atoms with Gasteiger partial charge in [-0.15, -0.1) is 0 Å². The third kappa shape index (κ3) is 2.74. The van der Waals surface area contributed by atoms with Gasteiger partial charge in [-0.2, -0.15) is 0 Å². The van der Waals surface area contributed by atoms with Crippen LogP contribution in [0.2, 0.25) is 0 Å². The molecule has 0 aromatic heterocycles. The van der Waals surface area contributed by atoms with Crippen molar-refractivity contribution >= 4 is 14.7 Å². The fourth-order valence-electron chi connectivity index (χ4n) is 0.339. The van der Waals surface area contributed by atoms with Gasteiger partial charge < -0.3 is 0 Å². The van der Waals surface area contributed by atoms with Gasteiger partial charge in [0, 0.05) is 5.57 Å². The fourth-order valence-corrected chi connectivity index (χ4v) is 0.546. The van der Waals surface area contributed by atoms with Crippen molar-refractivity contribution in [2.24, 2.45) is 5.92 Å². The van der Waals surface area contributed by atoms with Crippen LogP contribution in [-0.4, -0.2) is 5.97 Å². The third-order valence-corrected chi connectivity index (χ3v) is 1.36. The summed E-state index contributed by atoms with van der Waals surface area (Å²) in [6.07, 6.45) is 0. The van der Waals surface area contributed by atoms with Gasteiger partial charge in [0.25, 0.3) is 0 Å². The standard InChI is InChI=1S/C6H10O3P/c1-4(2)5(3)6(7)9-10-8/h4,10H,3H2,1-2H3/q+1. The average molecular weight is 161 g/mol. The van der Waals surface area contributed by atoms with E-state index in [1.54, 1.807) is 0 Å². The molecular formula is C6H10O3P+. The summed E-state index contributed by atoms with van der Waals surface area (Å²) in [5.74, 6) is -0.535. The van der Waals surface area contributed by atoms with Crippen LogP contribution in [0.15, 0.2) is 12.2 Å². The first kappa shape index (κ1) is 9.31. The van der Waals surface area contributed by atoms with E-state index in [0.29, 0.717) is 5.57 Å². The minimum absolute atomic E-state index is 0.0452. The fraction of sp³-hybridized carbons (Fsp3) is 0.500. The van der Waals surface area contributed by atoms with E-state index < -0.39 is 14.7 Å². The van der Waals surface area contributed by atoms with E-state index in [9.17, 15) is 9.36 Å². The first-order chi connectivity index (χ1) is 4.59. The van der Waals surface area contributed by atoms with Gasteiger partial charge in [0.1, 0.15) is 0 Å². The molecule has 0 aliphatic heterocycles. The smallest absolute Gasteiger partial charge is 0.241 e. The predicted molar refractivity (Wildman–Crippen MR) is 39.1 cm³/mol. The Kier molecular flexibility index (Phi) is 3.89. The zero-order valence-corrected chi connectivity index (χ0v) is 7.01. The van der Waals surface area contributed by atoms with Gasteiger partial charge in [-0.3, -0.25) is 0 Å². The lowest BCUT2D eigenvalue weighted by molar-refractivity contribution is -0.129. The molecule has 0 fully saturated rings. The molecule has 0 heterocycles. The van der Waals surface area contributed by atoms with Crippen LogP contribution >= 0.6 is 8.69 Å². The first-order valence-corrected chi connectivity index (χ1v) is 3.68. The zero-order chi connectivity index (χ0) is 8.15. The molecule has 4 heteroatoms. The van der Waals surface area contributed by atoms with E-state index in [1.807, 2.05) is 13.8 Å². The van der Waals surface area contributed by atoms with Gasteiger partial charge in [0.2, 0.25) is 0 Å². The maximum absolute atomic E-state index is 10.7. The summed E-state index contributed by atoms with van der Waals surface area (Å²) in [5, 5.41) is 0. The Bertz CT molecular complexity index is 162. The van der Waals surface area contributed by atoms with Crippen molar-refractivity contribution in [3.63, 3.8) is 0 Å². The Balaban J connectivity index is 3.95. The lowest BCUT2D eigenvalue weighted by Gasteiger charge is -2.00. The molecule has 0 radical (unpaired) electrons. The van der Waals surface area contributed by atoms with E-state index >= 15 is 0 Å². The van der Waals surface area contributed by atoms with Crippen molar-refractivity contribution in [2.45, 2.75) is 13.8 Å². The average Bonchev–Trinajstić information content (AvgIpc) is 1.87. The molecule has 1 atom stereocenters. The SMILES string of the molecule is C=C(C(=O)O[PH+]=O)C(C)C. The maximum atomic E-state index is 10.7. The van der Waals surface area contributed by atoms with Crippen LogP contribution < -0.4 is 0 Å². The van der Waals surface area contributed by atoms with Gasteiger partial charge in [-0.05, 0) is 10.5 Å². The molecule has 0 aromatic carbocycles. The second-order valence-corrected chi connectivity index (χ2v) is 2.52. The summed E-state index contributed by atoms with van der Waals surface area (Å²) in [6, 6.07) is 0. The quantitative estimate of drug-likeness (QED) is 0.467. The number of hydrogen-bond donors (Lipinski definition) is 0. The number of carbonyl (C=O) groups excluding carboxylic acids is 1. The molecule has 0 saturated carbocycles. The summed E-state index contributed by atoms with van der Waals surface area (Å²) in [6.45, 7) is 7.10. The highest BCUT2D eigenvalue weighted by Gasteiger charge is 2.15. The molecule has 0 N–H and O–H groups in total. The largest absolute Gasteiger partial charge is 0.545 e. The number of carbonyl (C=O) groups is 1. The molecule has 1 unspecified atom stereocenters. The van der Waals surface area contributed by atoms with Crippen molar-refractivity contribution in [3.05, 3.63) is 12.2 Å². The van der Waals surface area contributed by atoms with Crippen molar-refractivity contribution in [3.8, 4) is 0 Å². The number of hydrogen-bond acceptors (Lipinski definition) is 3. The highest BCUT2D eigenvalue weighted by molar-refractivity contribution is 7.18. The molecule has 0 rings (SSSR count). The summed E-state index contributed by atoms with van der Waals surface area (Å²) < 4.78 is 14.0. The van der Waals surface area contributed by atoms with Crippen LogP contribution in [0.25, 0.3) is 0 Å². The lowest BCUT2D eigenvalue weighted by atomic mass is 10.1. The van der Waals surface area contributed by atoms with E-state index in [-0.39, 0.29) is 5.92 Å². The summed E-state index contributed by atoms with van der Waals surface area (Å²) in [4.78, 5) is 10.7. The van der Waals surface area contributed by atoms with E-state index in [4.69, 9.17) is 0 Å². The Hall–Kier alpha value is -0.690. The molecule has 10 heavy (non-hydrogen) atoms. The Morgan fingerprint density at radius 2 is 2.10 bits per heavy atom. The summed E-state index contributed by atoms with van der Waals surface area (Å²) in [5.41, 5.74) is 0.350. The topological polar surface area (TPSA) is 43.4 Å². The van der Waals surface area contributed by atoms with E-state index in [0.717, 1.165) is 0 Å². The minimum Gasteiger partial charge on any atom is -0.241 e. The highest BCUT2D eigenvalue weighted by atomic mass is 31.1. The van der Waals surface area contributed by atoms with Crippen LogP contribution in [-0.2, 0) is 13.9 Å². The van der Waals surface area contributed by atoms with Crippen molar-refractivity contribution in [1.29, 1.82) is 0 Å². The Morgan fingerprint density at radius 3 is 2.40 bits per heavy atom. The van der Waals surface area contributed by atoms with Crippen LogP contribution in [0.1, 0.15) is 13.8 Å². The Morgan fingerprint density at radius 1 is 1.60 bits per heavy atom. The molecule has 0 saturated heterocycles. The monoisotopic (exact) mass is 161 g/mol. The second kappa shape index (κ2) is 4.18.